The molecule has 0 radical (unpaired) electrons. The van der Waals surface area contributed by atoms with E-state index in [1.165, 1.54) is 11.8 Å². The van der Waals surface area contributed by atoms with Gasteiger partial charge in [-0.3, -0.25) is 9.69 Å². The van der Waals surface area contributed by atoms with Crippen LogP contribution in [0.3, 0.4) is 0 Å². The number of carbonyl (C=O) groups is 1. The van der Waals surface area contributed by atoms with Crippen molar-refractivity contribution in [1.29, 1.82) is 0 Å². The third kappa shape index (κ3) is 3.07. The summed E-state index contributed by atoms with van der Waals surface area (Å²) in [5.41, 5.74) is 0.811. The highest BCUT2D eigenvalue weighted by atomic mass is 32.2. The Morgan fingerprint density at radius 1 is 1.27 bits per heavy atom. The van der Waals surface area contributed by atoms with Gasteiger partial charge < -0.3 is 19.3 Å². The van der Waals surface area contributed by atoms with Gasteiger partial charge in [0.05, 0.1) is 38.0 Å². The van der Waals surface area contributed by atoms with E-state index in [1.807, 2.05) is 48.5 Å². The monoisotopic (exact) mass is 426 g/mol. The summed E-state index contributed by atoms with van der Waals surface area (Å²) in [5.74, 6) is 1.39. The maximum absolute atomic E-state index is 12.6. The van der Waals surface area contributed by atoms with Gasteiger partial charge >= 0.3 is 0 Å². The van der Waals surface area contributed by atoms with Crippen LogP contribution in [0.4, 0.5) is 0 Å². The first-order chi connectivity index (χ1) is 14.6. The molecule has 3 aliphatic heterocycles. The number of para-hydroxylation sites is 1. The van der Waals surface area contributed by atoms with Gasteiger partial charge in [0.2, 0.25) is 11.6 Å². The van der Waals surface area contributed by atoms with Crippen LogP contribution in [0, 0.1) is 5.92 Å². The molecule has 1 fully saturated rings. The van der Waals surface area contributed by atoms with Gasteiger partial charge in [0.25, 0.3) is 0 Å². The number of amidine groups is 1. The molecule has 0 spiro atoms. The summed E-state index contributed by atoms with van der Waals surface area (Å²) in [5, 5.41) is 10.9. The number of ether oxygens (including phenoxy) is 3. The molecule has 8 heteroatoms. The Balaban J connectivity index is 1.46. The van der Waals surface area contributed by atoms with Gasteiger partial charge in [-0.25, -0.2) is 4.99 Å². The molecule has 30 heavy (non-hydrogen) atoms. The van der Waals surface area contributed by atoms with Crippen LogP contribution in [-0.4, -0.2) is 52.9 Å². The Kier molecular flexibility index (Phi) is 4.92. The third-order valence-electron chi connectivity index (χ3n) is 5.78. The average Bonchev–Trinajstić information content (AvgIpc) is 3.13. The highest BCUT2D eigenvalue weighted by molar-refractivity contribution is 8.15. The zero-order valence-electron chi connectivity index (χ0n) is 16.5. The number of nitrogens with zero attached hydrogens (tertiary/aromatic N) is 2. The Bertz CT molecular complexity index is 995. The van der Waals surface area contributed by atoms with Crippen molar-refractivity contribution in [1.82, 2.24) is 4.90 Å². The summed E-state index contributed by atoms with van der Waals surface area (Å²) in [4.78, 5) is 19.1. The summed E-state index contributed by atoms with van der Waals surface area (Å²) < 4.78 is 17.6. The zero-order valence-corrected chi connectivity index (χ0v) is 17.3. The minimum atomic E-state index is -1.08. The molecular weight excluding hydrogens is 404 g/mol. The van der Waals surface area contributed by atoms with Crippen LogP contribution in [-0.2, 0) is 16.1 Å². The lowest BCUT2D eigenvalue weighted by atomic mass is 9.80. The van der Waals surface area contributed by atoms with E-state index in [1.54, 1.807) is 12.0 Å². The van der Waals surface area contributed by atoms with Gasteiger partial charge in [-0.05, 0) is 23.8 Å². The van der Waals surface area contributed by atoms with Crippen molar-refractivity contribution in [3.8, 4) is 11.5 Å². The number of thioether (sulfide) groups is 1. The average molecular weight is 426 g/mol. The van der Waals surface area contributed by atoms with Crippen molar-refractivity contribution in [2.45, 2.75) is 18.4 Å². The molecule has 0 saturated carbocycles. The molecule has 2 aromatic rings. The molecule has 1 saturated heterocycles. The fourth-order valence-electron chi connectivity index (χ4n) is 4.31. The Morgan fingerprint density at radius 2 is 2.07 bits per heavy atom. The van der Waals surface area contributed by atoms with Crippen LogP contribution < -0.4 is 9.47 Å². The van der Waals surface area contributed by atoms with Gasteiger partial charge in [0.15, 0.2) is 5.17 Å². The molecular formula is C22H22N2O5S. The quantitative estimate of drug-likeness (QED) is 0.765. The number of methoxy groups -OCH3 is 1. The van der Waals surface area contributed by atoms with E-state index in [-0.39, 0.29) is 25.2 Å². The number of hydrogen-bond donors (Lipinski definition) is 1. The van der Waals surface area contributed by atoms with Crippen molar-refractivity contribution < 1.29 is 24.1 Å². The van der Waals surface area contributed by atoms with Crippen molar-refractivity contribution >= 4 is 22.8 Å². The molecule has 0 aromatic heterocycles. The normalized spacial score (nSPS) is 26.5. The van der Waals surface area contributed by atoms with Crippen LogP contribution >= 0.6 is 11.8 Å². The van der Waals surface area contributed by atoms with Gasteiger partial charge in [-0.15, -0.1) is 0 Å². The highest BCUT2D eigenvalue weighted by Gasteiger charge is 2.58. The smallest absolute Gasteiger partial charge is 0.239 e. The van der Waals surface area contributed by atoms with Crippen molar-refractivity contribution in [2.75, 3.05) is 26.1 Å². The first-order valence-electron chi connectivity index (χ1n) is 9.79. The molecule has 3 aliphatic rings. The molecule has 1 amide bonds. The summed E-state index contributed by atoms with van der Waals surface area (Å²) >= 11 is 1.41. The van der Waals surface area contributed by atoms with E-state index in [2.05, 4.69) is 0 Å². The Hall–Kier alpha value is -2.55. The predicted octanol–water partition coefficient (Wildman–Crippen LogP) is 2.60. The van der Waals surface area contributed by atoms with Crippen LogP contribution in [0.5, 0.6) is 11.5 Å². The lowest BCUT2D eigenvalue weighted by molar-refractivity contribution is -0.140. The number of rotatable bonds is 6. The Labute approximate surface area is 178 Å². The summed E-state index contributed by atoms with van der Waals surface area (Å²) in [6.45, 7) is 0.373. The minimum Gasteiger partial charge on any atom is -0.497 e. The number of fused-ring (bicyclic) bond motifs is 6. The molecule has 1 N–H and O–H groups in total. The number of carbonyl (C=O) groups excluding carboxylic acids is 1. The molecule has 0 aliphatic carbocycles. The van der Waals surface area contributed by atoms with E-state index < -0.39 is 11.6 Å². The van der Waals surface area contributed by atoms with E-state index in [0.717, 1.165) is 16.9 Å². The Morgan fingerprint density at radius 3 is 2.83 bits per heavy atom. The van der Waals surface area contributed by atoms with E-state index in [4.69, 9.17) is 19.2 Å². The first kappa shape index (κ1) is 19.4. The molecule has 156 valence electrons. The third-order valence-corrected chi connectivity index (χ3v) is 6.72. The van der Waals surface area contributed by atoms with Crippen molar-refractivity contribution in [2.24, 2.45) is 10.9 Å². The molecule has 5 rings (SSSR count). The number of benzene rings is 2. The van der Waals surface area contributed by atoms with Crippen LogP contribution in [0.2, 0.25) is 0 Å². The van der Waals surface area contributed by atoms with Crippen LogP contribution in [0.15, 0.2) is 53.5 Å². The second-order valence-corrected chi connectivity index (χ2v) is 8.45. The van der Waals surface area contributed by atoms with Crippen molar-refractivity contribution in [3.05, 3.63) is 59.7 Å². The number of aliphatic hydroxyl groups excluding tert-OH is 1. The molecule has 2 aromatic carbocycles. The zero-order chi connectivity index (χ0) is 20.7. The largest absolute Gasteiger partial charge is 0.497 e. The van der Waals surface area contributed by atoms with Gasteiger partial charge in [0, 0.05) is 5.56 Å². The lowest BCUT2D eigenvalue weighted by Gasteiger charge is -2.51. The van der Waals surface area contributed by atoms with Crippen LogP contribution in [0.25, 0.3) is 0 Å². The second-order valence-electron chi connectivity index (χ2n) is 7.51. The lowest BCUT2D eigenvalue weighted by Crippen LogP contribution is -2.60. The molecule has 2 bridgehead atoms. The fourth-order valence-corrected chi connectivity index (χ4v) is 5.28. The molecule has 3 atom stereocenters. The number of hydrogen-bond acceptors (Lipinski definition) is 7. The van der Waals surface area contributed by atoms with Crippen LogP contribution in [0.1, 0.15) is 17.2 Å². The van der Waals surface area contributed by atoms with Gasteiger partial charge in [0.1, 0.15) is 18.1 Å². The van der Waals surface area contributed by atoms with E-state index in [0.29, 0.717) is 23.3 Å². The number of aliphatic hydroxyl groups is 1. The summed E-state index contributed by atoms with van der Waals surface area (Å²) in [6, 6.07) is 15.0. The second kappa shape index (κ2) is 7.61. The maximum Gasteiger partial charge on any atom is 0.239 e. The molecule has 7 nitrogen and oxygen atoms in total. The fraction of sp³-hybridized carbons (Fsp3) is 0.364. The van der Waals surface area contributed by atoms with E-state index in [9.17, 15) is 9.90 Å². The highest BCUT2D eigenvalue weighted by Crippen LogP contribution is 2.52. The summed E-state index contributed by atoms with van der Waals surface area (Å²) in [7, 11) is 1.63. The number of aliphatic imine (C=N–C) groups is 1. The molecule has 1 unspecified atom stereocenters. The van der Waals surface area contributed by atoms with Gasteiger partial charge in [-0.1, -0.05) is 42.1 Å². The van der Waals surface area contributed by atoms with E-state index >= 15 is 0 Å². The maximum atomic E-state index is 12.6. The molecule has 3 heterocycles. The minimum absolute atomic E-state index is 0.00616. The topological polar surface area (TPSA) is 80.6 Å². The first-order valence-corrected chi connectivity index (χ1v) is 10.8. The SMILES string of the molecule is COc1ccc(COCC23N=C4SCC(=O)N4[C@H](c4ccccc4O2)[C@H]3CO)cc1. The standard InChI is InChI=1S/C22H22N2O5S/c1-27-15-8-6-14(7-9-15)11-28-13-22-17(10-25)20(16-4-2-3-5-18(16)29-22)24-19(26)12-30-21(24)23-22/h2-9,17,20,25H,10-13H2,1H3/t17-,20-,22?/m1/s1. The summed E-state index contributed by atoms with van der Waals surface area (Å²) in [6.07, 6.45) is 0. The van der Waals surface area contributed by atoms with Gasteiger partial charge in [-0.2, -0.15) is 0 Å². The number of amides is 1. The van der Waals surface area contributed by atoms with Crippen molar-refractivity contribution in [3.63, 3.8) is 0 Å². The predicted molar refractivity (Wildman–Crippen MR) is 113 cm³/mol.